The highest BCUT2D eigenvalue weighted by molar-refractivity contribution is 5.88. The molecule has 1 aromatic heterocycles. The van der Waals surface area contributed by atoms with Crippen molar-refractivity contribution in [2.75, 3.05) is 6.61 Å². The highest BCUT2D eigenvalue weighted by atomic mass is 16.9. The van der Waals surface area contributed by atoms with E-state index in [0.717, 1.165) is 6.26 Å². The first-order valence-corrected chi connectivity index (χ1v) is 5.22. The van der Waals surface area contributed by atoms with Crippen molar-refractivity contribution < 1.29 is 23.4 Å². The van der Waals surface area contributed by atoms with E-state index in [2.05, 4.69) is 0 Å². The van der Waals surface area contributed by atoms with Crippen LogP contribution in [0.1, 0.15) is 36.3 Å². The molecule has 17 heavy (non-hydrogen) atoms. The third-order valence-corrected chi connectivity index (χ3v) is 2.21. The number of carbonyl (C=O) groups excluding carboxylic acids is 1. The molecule has 0 bridgehead atoms. The Bertz CT molecular complexity index is 471. The maximum Gasteiger partial charge on any atom is 0.345 e. The van der Waals surface area contributed by atoms with Crippen LogP contribution in [0.3, 0.4) is 0 Å². The summed E-state index contributed by atoms with van der Waals surface area (Å²) in [5, 5.41) is 0. The van der Waals surface area contributed by atoms with Gasteiger partial charge in [0.05, 0.1) is 6.61 Å². The molecule has 0 spiro atoms. The lowest BCUT2D eigenvalue weighted by Crippen LogP contribution is -2.32. The monoisotopic (exact) mass is 240 g/mol. The molecule has 6 heteroatoms. The summed E-state index contributed by atoms with van der Waals surface area (Å²) in [6, 6.07) is 1.17. The highest BCUT2D eigenvalue weighted by Crippen LogP contribution is 2.30. The molecule has 0 amide bonds. The molecule has 1 aliphatic heterocycles. The van der Waals surface area contributed by atoms with Crippen molar-refractivity contribution in [3.05, 3.63) is 33.9 Å². The number of hydrogen-bond acceptors (Lipinski definition) is 6. The topological polar surface area (TPSA) is 75.0 Å². The standard InChI is InChI=1S/C11H12O6/c1-3-14-10(13)7-5-15-9(4-8(7)12)11-16-6(2)17-11/h4-6,11H,3H2,1-2H3. The van der Waals surface area contributed by atoms with Crippen molar-refractivity contribution in [2.45, 2.75) is 26.4 Å². The Morgan fingerprint density at radius 1 is 1.47 bits per heavy atom. The molecule has 1 saturated heterocycles. The van der Waals surface area contributed by atoms with E-state index in [4.69, 9.17) is 18.6 Å². The molecule has 0 aliphatic carbocycles. The van der Waals surface area contributed by atoms with Crippen LogP contribution in [0.4, 0.5) is 0 Å². The predicted octanol–water partition coefficient (Wildman–Crippen LogP) is 1.21. The van der Waals surface area contributed by atoms with Crippen molar-refractivity contribution in [3.63, 3.8) is 0 Å². The molecule has 1 aliphatic rings. The number of rotatable bonds is 3. The van der Waals surface area contributed by atoms with Crippen LogP contribution in [-0.4, -0.2) is 18.9 Å². The molecular formula is C11H12O6. The van der Waals surface area contributed by atoms with Crippen LogP contribution < -0.4 is 5.43 Å². The van der Waals surface area contributed by atoms with E-state index in [-0.39, 0.29) is 24.2 Å². The average Bonchev–Trinajstić information content (AvgIpc) is 2.25. The maximum absolute atomic E-state index is 11.6. The molecule has 2 rings (SSSR count). The van der Waals surface area contributed by atoms with Gasteiger partial charge in [-0.05, 0) is 13.8 Å². The van der Waals surface area contributed by atoms with Crippen LogP contribution in [-0.2, 0) is 14.2 Å². The van der Waals surface area contributed by atoms with Crippen molar-refractivity contribution >= 4 is 5.97 Å². The first-order valence-electron chi connectivity index (χ1n) is 5.22. The Balaban J connectivity index is 2.17. The van der Waals surface area contributed by atoms with Gasteiger partial charge in [-0.15, -0.1) is 0 Å². The van der Waals surface area contributed by atoms with Crippen molar-refractivity contribution in [3.8, 4) is 0 Å². The first-order chi connectivity index (χ1) is 8.11. The zero-order valence-corrected chi connectivity index (χ0v) is 9.47. The molecule has 0 aromatic carbocycles. The van der Waals surface area contributed by atoms with E-state index in [9.17, 15) is 9.59 Å². The Morgan fingerprint density at radius 3 is 2.71 bits per heavy atom. The molecular weight excluding hydrogens is 228 g/mol. The maximum atomic E-state index is 11.6. The van der Waals surface area contributed by atoms with E-state index in [1.165, 1.54) is 6.07 Å². The predicted molar refractivity (Wildman–Crippen MR) is 55.3 cm³/mol. The summed E-state index contributed by atoms with van der Waals surface area (Å²) >= 11 is 0. The Labute approximate surface area is 97.1 Å². The van der Waals surface area contributed by atoms with Crippen molar-refractivity contribution in [1.82, 2.24) is 0 Å². The van der Waals surface area contributed by atoms with E-state index in [1.54, 1.807) is 13.8 Å². The number of carbonyl (C=O) groups is 1. The van der Waals surface area contributed by atoms with Crippen molar-refractivity contribution in [2.24, 2.45) is 0 Å². The summed E-state index contributed by atoms with van der Waals surface area (Å²) in [6.45, 7) is 3.58. The Kier molecular flexibility index (Phi) is 3.26. The summed E-state index contributed by atoms with van der Waals surface area (Å²) in [5.74, 6) is -0.460. The molecule has 0 radical (unpaired) electrons. The van der Waals surface area contributed by atoms with E-state index in [1.807, 2.05) is 0 Å². The number of esters is 1. The molecule has 1 aromatic rings. The minimum Gasteiger partial charge on any atom is -0.463 e. The summed E-state index contributed by atoms with van der Waals surface area (Å²) in [4.78, 5) is 22.9. The minimum atomic E-state index is -0.698. The van der Waals surface area contributed by atoms with Crippen LogP contribution in [0.5, 0.6) is 0 Å². The van der Waals surface area contributed by atoms with Gasteiger partial charge in [-0.25, -0.2) is 4.79 Å². The first kappa shape index (κ1) is 11.8. The Morgan fingerprint density at radius 2 is 2.18 bits per heavy atom. The quantitative estimate of drug-likeness (QED) is 0.739. The molecule has 2 heterocycles. The third-order valence-electron chi connectivity index (χ3n) is 2.21. The third kappa shape index (κ3) is 2.37. The largest absolute Gasteiger partial charge is 0.463 e. The summed E-state index contributed by atoms with van der Waals surface area (Å²) in [6.07, 6.45) is 0.0785. The lowest BCUT2D eigenvalue weighted by molar-refractivity contribution is -0.387. The second-order valence-electron chi connectivity index (χ2n) is 3.45. The molecule has 0 atom stereocenters. The van der Waals surface area contributed by atoms with Gasteiger partial charge in [-0.2, -0.15) is 0 Å². The fourth-order valence-corrected chi connectivity index (χ4v) is 1.40. The van der Waals surface area contributed by atoms with Gasteiger partial charge >= 0.3 is 5.97 Å². The molecule has 92 valence electrons. The highest BCUT2D eigenvalue weighted by Gasteiger charge is 2.31. The number of ether oxygens (including phenoxy) is 3. The van der Waals surface area contributed by atoms with Gasteiger partial charge in [0.2, 0.25) is 6.29 Å². The minimum absolute atomic E-state index is 0.136. The lowest BCUT2D eigenvalue weighted by Gasteiger charge is -2.32. The normalized spacial score (nSPS) is 22.9. The summed E-state index contributed by atoms with van der Waals surface area (Å²) < 4.78 is 20.1. The fraction of sp³-hybridized carbons (Fsp3) is 0.455. The van der Waals surface area contributed by atoms with Crippen LogP contribution in [0.15, 0.2) is 21.5 Å². The fourth-order valence-electron chi connectivity index (χ4n) is 1.40. The second kappa shape index (κ2) is 4.68. The zero-order valence-electron chi connectivity index (χ0n) is 9.47. The van der Waals surface area contributed by atoms with Gasteiger partial charge < -0.3 is 18.6 Å². The summed E-state index contributed by atoms with van der Waals surface area (Å²) in [7, 11) is 0. The van der Waals surface area contributed by atoms with Crippen LogP contribution in [0.25, 0.3) is 0 Å². The van der Waals surface area contributed by atoms with Crippen LogP contribution in [0, 0.1) is 0 Å². The molecule has 6 nitrogen and oxygen atoms in total. The lowest BCUT2D eigenvalue weighted by atomic mass is 10.2. The zero-order chi connectivity index (χ0) is 12.4. The van der Waals surface area contributed by atoms with Gasteiger partial charge in [0.25, 0.3) is 0 Å². The van der Waals surface area contributed by atoms with E-state index >= 15 is 0 Å². The molecule has 0 unspecified atom stereocenters. The van der Waals surface area contributed by atoms with Crippen LogP contribution in [0.2, 0.25) is 0 Å². The van der Waals surface area contributed by atoms with Crippen molar-refractivity contribution in [1.29, 1.82) is 0 Å². The number of hydrogen-bond donors (Lipinski definition) is 0. The second-order valence-corrected chi connectivity index (χ2v) is 3.45. The van der Waals surface area contributed by atoms with E-state index < -0.39 is 17.7 Å². The Hall–Kier alpha value is -1.66. The molecule has 1 fully saturated rings. The van der Waals surface area contributed by atoms with Crippen LogP contribution >= 0.6 is 0 Å². The van der Waals surface area contributed by atoms with Gasteiger partial charge in [0.1, 0.15) is 11.8 Å². The van der Waals surface area contributed by atoms with E-state index in [0.29, 0.717) is 0 Å². The average molecular weight is 240 g/mol. The molecule has 0 saturated carbocycles. The van der Waals surface area contributed by atoms with Gasteiger partial charge in [-0.3, -0.25) is 4.79 Å². The van der Waals surface area contributed by atoms with Gasteiger partial charge in [-0.1, -0.05) is 0 Å². The smallest absolute Gasteiger partial charge is 0.345 e. The van der Waals surface area contributed by atoms with Gasteiger partial charge in [0.15, 0.2) is 17.5 Å². The molecule has 0 N–H and O–H groups in total. The SMILES string of the molecule is CCOC(=O)c1coc(C2OC(C)O2)cc1=O. The summed E-state index contributed by atoms with van der Waals surface area (Å²) in [5.41, 5.74) is -0.612. The van der Waals surface area contributed by atoms with Gasteiger partial charge in [0, 0.05) is 6.07 Å².